The Bertz CT molecular complexity index is 638. The van der Waals surface area contributed by atoms with E-state index in [9.17, 15) is 0 Å². The maximum absolute atomic E-state index is 5.98. The lowest BCUT2D eigenvalue weighted by Gasteiger charge is -2.24. The molecule has 0 bridgehead atoms. The molecule has 2 aromatic rings. The van der Waals surface area contributed by atoms with Gasteiger partial charge in [-0.2, -0.15) is 0 Å². The van der Waals surface area contributed by atoms with Crippen molar-refractivity contribution in [3.8, 4) is 5.69 Å². The first-order valence-corrected chi connectivity index (χ1v) is 8.09. The summed E-state index contributed by atoms with van der Waals surface area (Å²) in [6.07, 6.45) is 10.3. The van der Waals surface area contributed by atoms with E-state index in [1.54, 1.807) is 0 Å². The van der Waals surface area contributed by atoms with Crippen molar-refractivity contribution in [2.75, 3.05) is 0 Å². The topological polar surface area (TPSA) is 56.7 Å². The van der Waals surface area contributed by atoms with Crippen molar-refractivity contribution in [1.29, 1.82) is 0 Å². The third kappa shape index (κ3) is 2.48. The summed E-state index contributed by atoms with van der Waals surface area (Å²) in [5.41, 5.74) is 11.2. The molecule has 0 aliphatic heterocycles. The fourth-order valence-electron chi connectivity index (χ4n) is 3.71. The number of aryl methyl sites for hydroxylation is 2. The summed E-state index contributed by atoms with van der Waals surface area (Å²) in [6, 6.07) is 7.07. The Morgan fingerprint density at radius 3 is 2.71 bits per heavy atom. The van der Waals surface area contributed by atoms with Crippen LogP contribution in [0.25, 0.3) is 5.69 Å². The molecule has 0 amide bonds. The van der Waals surface area contributed by atoms with Gasteiger partial charge < -0.3 is 5.73 Å². The second-order valence-corrected chi connectivity index (χ2v) is 6.51. The van der Waals surface area contributed by atoms with E-state index in [4.69, 9.17) is 5.73 Å². The van der Waals surface area contributed by atoms with Gasteiger partial charge in [-0.15, -0.1) is 5.10 Å². The Labute approximate surface area is 125 Å². The van der Waals surface area contributed by atoms with Crippen molar-refractivity contribution in [1.82, 2.24) is 15.0 Å². The molecule has 2 N–H and O–H groups in total. The minimum atomic E-state index is 0.382. The van der Waals surface area contributed by atoms with Crippen LogP contribution < -0.4 is 5.73 Å². The molecule has 0 atom stereocenters. The van der Waals surface area contributed by atoms with E-state index in [1.165, 1.54) is 30.4 Å². The smallest absolute Gasteiger partial charge is 0.0862 e. The van der Waals surface area contributed by atoms with Gasteiger partial charge in [-0.25, -0.2) is 4.68 Å². The molecule has 1 heterocycles. The molecule has 1 aromatic heterocycles. The van der Waals surface area contributed by atoms with Crippen LogP contribution in [0.2, 0.25) is 0 Å². The highest BCUT2D eigenvalue weighted by Crippen LogP contribution is 2.31. The van der Waals surface area contributed by atoms with E-state index in [2.05, 4.69) is 34.7 Å². The van der Waals surface area contributed by atoms with Crippen LogP contribution in [-0.4, -0.2) is 21.0 Å². The summed E-state index contributed by atoms with van der Waals surface area (Å²) in [6.45, 7) is 0. The summed E-state index contributed by atoms with van der Waals surface area (Å²) >= 11 is 0. The van der Waals surface area contributed by atoms with E-state index in [0.29, 0.717) is 12.0 Å². The zero-order chi connectivity index (χ0) is 14.2. The van der Waals surface area contributed by atoms with Gasteiger partial charge >= 0.3 is 0 Å². The number of hydrogen-bond donors (Lipinski definition) is 1. The Balaban J connectivity index is 1.57. The van der Waals surface area contributed by atoms with E-state index in [1.807, 2.05) is 4.68 Å². The summed E-state index contributed by atoms with van der Waals surface area (Å²) in [5.74, 6) is 0.535. The molecule has 0 saturated heterocycles. The molecule has 21 heavy (non-hydrogen) atoms. The van der Waals surface area contributed by atoms with Gasteiger partial charge in [-0.1, -0.05) is 11.3 Å². The largest absolute Gasteiger partial charge is 0.328 e. The van der Waals surface area contributed by atoms with Crippen LogP contribution >= 0.6 is 0 Å². The molecule has 1 fully saturated rings. The van der Waals surface area contributed by atoms with Crippen molar-refractivity contribution in [3.05, 3.63) is 41.2 Å². The fraction of sp³-hybridized carbons (Fsp3) is 0.529. The molecule has 0 spiro atoms. The number of fused-ring (bicyclic) bond motifs is 1. The number of rotatable bonds is 2. The Hall–Kier alpha value is -1.68. The van der Waals surface area contributed by atoms with E-state index in [-0.39, 0.29) is 0 Å². The summed E-state index contributed by atoms with van der Waals surface area (Å²) in [4.78, 5) is 0. The Kier molecular flexibility index (Phi) is 3.26. The van der Waals surface area contributed by atoms with Crippen LogP contribution in [0.3, 0.4) is 0 Å². The maximum atomic E-state index is 5.98. The van der Waals surface area contributed by atoms with Crippen molar-refractivity contribution in [2.45, 2.75) is 56.9 Å². The average molecular weight is 282 g/mol. The highest BCUT2D eigenvalue weighted by Gasteiger charge is 2.22. The summed E-state index contributed by atoms with van der Waals surface area (Å²) in [5, 5.41) is 8.75. The van der Waals surface area contributed by atoms with Gasteiger partial charge in [0.2, 0.25) is 0 Å². The molecule has 0 radical (unpaired) electrons. The van der Waals surface area contributed by atoms with E-state index < -0.39 is 0 Å². The van der Waals surface area contributed by atoms with Gasteiger partial charge in [-0.05, 0) is 68.2 Å². The standard InChI is InChI=1S/C17H22N4/c18-15-7-4-13(5-8-15)17-11-21(20-19-17)16-9-6-12-2-1-3-14(12)10-16/h6,9-11,13,15H,1-5,7-8,18H2. The summed E-state index contributed by atoms with van der Waals surface area (Å²) < 4.78 is 1.93. The number of nitrogens with zero attached hydrogens (tertiary/aromatic N) is 3. The van der Waals surface area contributed by atoms with Crippen molar-refractivity contribution < 1.29 is 0 Å². The zero-order valence-electron chi connectivity index (χ0n) is 12.3. The van der Waals surface area contributed by atoms with Crippen molar-refractivity contribution >= 4 is 0 Å². The molecule has 110 valence electrons. The van der Waals surface area contributed by atoms with Crippen LogP contribution in [0.15, 0.2) is 24.4 Å². The highest BCUT2D eigenvalue weighted by atomic mass is 15.4. The Morgan fingerprint density at radius 1 is 1.05 bits per heavy atom. The van der Waals surface area contributed by atoms with Crippen LogP contribution in [0.4, 0.5) is 0 Å². The zero-order valence-corrected chi connectivity index (χ0v) is 12.3. The molecule has 2 aliphatic rings. The number of hydrogen-bond acceptors (Lipinski definition) is 3. The molecule has 4 rings (SSSR count). The van der Waals surface area contributed by atoms with E-state index in [0.717, 1.165) is 37.1 Å². The van der Waals surface area contributed by atoms with Gasteiger partial charge in [0.05, 0.1) is 17.6 Å². The quantitative estimate of drug-likeness (QED) is 0.921. The van der Waals surface area contributed by atoms with Crippen molar-refractivity contribution in [3.63, 3.8) is 0 Å². The lowest BCUT2D eigenvalue weighted by atomic mass is 9.85. The third-order valence-corrected chi connectivity index (χ3v) is 5.05. The van der Waals surface area contributed by atoms with Gasteiger partial charge in [0.1, 0.15) is 0 Å². The molecule has 4 nitrogen and oxygen atoms in total. The number of aromatic nitrogens is 3. The minimum absolute atomic E-state index is 0.382. The minimum Gasteiger partial charge on any atom is -0.328 e. The maximum Gasteiger partial charge on any atom is 0.0862 e. The third-order valence-electron chi connectivity index (χ3n) is 5.05. The molecule has 0 unspecified atom stereocenters. The molecule has 4 heteroatoms. The highest BCUT2D eigenvalue weighted by molar-refractivity contribution is 5.42. The lowest BCUT2D eigenvalue weighted by molar-refractivity contribution is 0.390. The van der Waals surface area contributed by atoms with Gasteiger partial charge in [0, 0.05) is 12.0 Å². The SMILES string of the molecule is NC1CCC(c2cn(-c3ccc4c(c3)CCC4)nn2)CC1. The van der Waals surface area contributed by atoms with Gasteiger partial charge in [0.15, 0.2) is 0 Å². The van der Waals surface area contributed by atoms with Crippen LogP contribution in [-0.2, 0) is 12.8 Å². The lowest BCUT2D eigenvalue weighted by Crippen LogP contribution is -2.25. The number of nitrogens with two attached hydrogens (primary N) is 1. The molecule has 1 saturated carbocycles. The Morgan fingerprint density at radius 2 is 1.86 bits per heavy atom. The predicted molar refractivity (Wildman–Crippen MR) is 82.6 cm³/mol. The van der Waals surface area contributed by atoms with Crippen LogP contribution in [0.5, 0.6) is 0 Å². The van der Waals surface area contributed by atoms with Gasteiger partial charge in [-0.3, -0.25) is 0 Å². The van der Waals surface area contributed by atoms with E-state index >= 15 is 0 Å². The molecular weight excluding hydrogens is 260 g/mol. The number of benzene rings is 1. The first-order valence-electron chi connectivity index (χ1n) is 8.09. The first-order chi connectivity index (χ1) is 10.3. The van der Waals surface area contributed by atoms with Gasteiger partial charge in [0.25, 0.3) is 0 Å². The summed E-state index contributed by atoms with van der Waals surface area (Å²) in [7, 11) is 0. The first kappa shape index (κ1) is 13.0. The molecule has 1 aromatic carbocycles. The second kappa shape index (κ2) is 5.26. The normalized spacial score (nSPS) is 25.0. The average Bonchev–Trinajstić information content (AvgIpc) is 3.16. The molecule has 2 aliphatic carbocycles. The second-order valence-electron chi connectivity index (χ2n) is 6.51. The van der Waals surface area contributed by atoms with Crippen LogP contribution in [0.1, 0.15) is 54.8 Å². The fourth-order valence-corrected chi connectivity index (χ4v) is 3.71. The van der Waals surface area contributed by atoms with Crippen molar-refractivity contribution in [2.24, 2.45) is 5.73 Å². The monoisotopic (exact) mass is 282 g/mol. The molecular formula is C17H22N4. The predicted octanol–water partition coefficient (Wildman–Crippen LogP) is 2.74. The van der Waals surface area contributed by atoms with Crippen LogP contribution in [0, 0.1) is 0 Å².